The highest BCUT2D eigenvalue weighted by atomic mass is 19.2. The van der Waals surface area contributed by atoms with Gasteiger partial charge in [-0.25, -0.2) is 9.97 Å². The van der Waals surface area contributed by atoms with Crippen molar-refractivity contribution in [3.63, 3.8) is 0 Å². The fourth-order valence-corrected chi connectivity index (χ4v) is 5.84. The van der Waals surface area contributed by atoms with Crippen LogP contribution in [0.2, 0.25) is 0 Å². The quantitative estimate of drug-likeness (QED) is 0.115. The molecular formula is C27H38BF2N9O. The average Bonchev–Trinajstić information content (AvgIpc) is 3.26. The van der Waals surface area contributed by atoms with Crippen LogP contribution in [0.1, 0.15) is 50.4 Å². The highest BCUT2D eigenvalue weighted by Gasteiger charge is 2.28. The molecule has 0 bridgehead atoms. The average molecular weight is 553 g/mol. The topological polar surface area (TPSA) is 121 Å². The zero-order valence-corrected chi connectivity index (χ0v) is 23.4. The summed E-state index contributed by atoms with van der Waals surface area (Å²) in [5, 5.41) is 16.0. The normalized spacial score (nSPS) is 19.4. The van der Waals surface area contributed by atoms with Crippen molar-refractivity contribution in [2.75, 3.05) is 43.9 Å². The van der Waals surface area contributed by atoms with E-state index >= 15 is 0 Å². The van der Waals surface area contributed by atoms with Crippen LogP contribution in [0.15, 0.2) is 29.4 Å². The lowest BCUT2D eigenvalue weighted by Gasteiger charge is -2.33. The Morgan fingerprint density at radius 3 is 2.58 bits per heavy atom. The Bertz CT molecular complexity index is 1350. The number of fused-ring (bicyclic) bond motifs is 1. The van der Waals surface area contributed by atoms with Crippen LogP contribution in [-0.2, 0) is 6.54 Å². The predicted octanol–water partition coefficient (Wildman–Crippen LogP) is 2.98. The lowest BCUT2D eigenvalue weighted by atomic mass is 9.80. The second kappa shape index (κ2) is 12.0. The van der Waals surface area contributed by atoms with Crippen LogP contribution in [0, 0.1) is 11.8 Å². The first-order valence-corrected chi connectivity index (χ1v) is 14.0. The number of likely N-dealkylation sites (tertiary alicyclic amines) is 1. The number of amidine groups is 1. The summed E-state index contributed by atoms with van der Waals surface area (Å²) in [6, 6.07) is 6.53. The van der Waals surface area contributed by atoms with Gasteiger partial charge in [0, 0.05) is 26.2 Å². The number of piperidine rings is 1. The van der Waals surface area contributed by atoms with Gasteiger partial charge in [-0.1, -0.05) is 35.8 Å². The Kier molecular flexibility index (Phi) is 8.39. The molecule has 13 heteroatoms. The molecule has 3 heterocycles. The molecule has 1 saturated carbocycles. The Labute approximate surface area is 233 Å². The standard InChI is InChI=1S/C27H38BF2N9O/c1-17(20-7-4-8-20)32-24-22-25(34-26(33-24)23(31)36-40)35-27(38(3)15-19-6-5-13-37(2)14-19)39(22)16-18-9-11-21(12-10-18)28(29)30/h9-12,17,19-20,40H,4-8,13-16H2,1-3H3,(H2,31,36)(H,32,33,34)/t17-,19?/m1/s1. The largest absolute Gasteiger partial charge is 0.571 e. The molecule has 2 fully saturated rings. The lowest BCUT2D eigenvalue weighted by Crippen LogP contribution is -2.38. The maximum Gasteiger partial charge on any atom is 0.571 e. The number of nitrogens with two attached hydrogens (primary N) is 1. The third-order valence-corrected chi connectivity index (χ3v) is 8.31. The van der Waals surface area contributed by atoms with Gasteiger partial charge in [0.2, 0.25) is 17.6 Å². The molecule has 2 aromatic heterocycles. The van der Waals surface area contributed by atoms with Gasteiger partial charge >= 0.3 is 7.27 Å². The van der Waals surface area contributed by atoms with Crippen molar-refractivity contribution in [3.05, 3.63) is 35.7 Å². The number of hydrogen-bond acceptors (Lipinski definition) is 8. The molecule has 2 atom stereocenters. The molecule has 1 aliphatic carbocycles. The third-order valence-electron chi connectivity index (χ3n) is 8.31. The SMILES string of the molecule is C[C@@H](Nc1nc(/C(N)=N/O)nc2nc(N(C)CC3CCCN(C)C3)n(Cc3ccc(B(F)F)cc3)c12)C1CCC1. The van der Waals surface area contributed by atoms with Crippen molar-refractivity contribution in [2.45, 2.75) is 51.6 Å². The summed E-state index contributed by atoms with van der Waals surface area (Å²) < 4.78 is 28.5. The zero-order valence-electron chi connectivity index (χ0n) is 23.4. The molecule has 0 amide bonds. The van der Waals surface area contributed by atoms with Gasteiger partial charge in [-0.2, -0.15) is 4.98 Å². The minimum Gasteiger partial charge on any atom is -0.409 e. The molecule has 10 nitrogen and oxygen atoms in total. The second-order valence-electron chi connectivity index (χ2n) is 11.4. The van der Waals surface area contributed by atoms with E-state index in [1.165, 1.54) is 18.6 Å². The van der Waals surface area contributed by atoms with Crippen LogP contribution in [0.3, 0.4) is 0 Å². The lowest BCUT2D eigenvalue weighted by molar-refractivity contribution is 0.212. The Hall–Kier alpha value is -3.48. The first-order chi connectivity index (χ1) is 19.2. The maximum absolute atomic E-state index is 13.2. The van der Waals surface area contributed by atoms with Gasteiger partial charge < -0.3 is 30.6 Å². The number of nitrogens with one attached hydrogen (secondary N) is 1. The molecule has 1 aromatic carbocycles. The monoisotopic (exact) mass is 553 g/mol. The van der Waals surface area contributed by atoms with Crippen molar-refractivity contribution >= 4 is 41.5 Å². The summed E-state index contributed by atoms with van der Waals surface area (Å²) in [6.45, 7) is 5.45. The van der Waals surface area contributed by atoms with Gasteiger partial charge in [0.15, 0.2) is 11.5 Å². The van der Waals surface area contributed by atoms with E-state index < -0.39 is 7.27 Å². The third kappa shape index (κ3) is 5.98. The second-order valence-corrected chi connectivity index (χ2v) is 11.4. The fourth-order valence-electron chi connectivity index (χ4n) is 5.84. The van der Waals surface area contributed by atoms with Crippen molar-refractivity contribution < 1.29 is 13.8 Å². The number of halogens is 2. The van der Waals surface area contributed by atoms with Crippen molar-refractivity contribution in [1.82, 2.24) is 24.4 Å². The van der Waals surface area contributed by atoms with Gasteiger partial charge in [0.25, 0.3) is 0 Å². The molecule has 2 aliphatic rings. The predicted molar refractivity (Wildman–Crippen MR) is 155 cm³/mol. The van der Waals surface area contributed by atoms with Crippen molar-refractivity contribution in [3.8, 4) is 0 Å². The minimum absolute atomic E-state index is 0.0126. The van der Waals surface area contributed by atoms with E-state index in [9.17, 15) is 13.8 Å². The van der Waals surface area contributed by atoms with E-state index in [2.05, 4.69) is 44.2 Å². The summed E-state index contributed by atoms with van der Waals surface area (Å²) in [4.78, 5) is 18.7. The number of anilines is 2. The zero-order chi connectivity index (χ0) is 28.4. The van der Waals surface area contributed by atoms with Crippen LogP contribution < -0.4 is 21.4 Å². The highest BCUT2D eigenvalue weighted by molar-refractivity contribution is 6.59. The molecule has 40 heavy (non-hydrogen) atoms. The van der Waals surface area contributed by atoms with Gasteiger partial charge in [-0.3, -0.25) is 8.63 Å². The van der Waals surface area contributed by atoms with Crippen molar-refractivity contribution in [1.29, 1.82) is 0 Å². The first-order valence-electron chi connectivity index (χ1n) is 14.0. The fraction of sp³-hybridized carbons (Fsp3) is 0.556. The molecule has 0 radical (unpaired) electrons. The smallest absolute Gasteiger partial charge is 0.409 e. The molecule has 3 aromatic rings. The highest BCUT2D eigenvalue weighted by Crippen LogP contribution is 2.34. The number of aromatic nitrogens is 4. The summed E-state index contributed by atoms with van der Waals surface area (Å²) in [6.07, 6.45) is 5.81. The summed E-state index contributed by atoms with van der Waals surface area (Å²) in [5.41, 5.74) is 7.88. The van der Waals surface area contributed by atoms with Gasteiger partial charge in [0.1, 0.15) is 5.52 Å². The molecule has 214 valence electrons. The number of imidazole rings is 1. The molecule has 1 saturated heterocycles. The Morgan fingerprint density at radius 2 is 1.95 bits per heavy atom. The Balaban J connectivity index is 1.59. The van der Waals surface area contributed by atoms with Crippen LogP contribution in [0.25, 0.3) is 11.2 Å². The summed E-state index contributed by atoms with van der Waals surface area (Å²) in [5.74, 6) is 2.16. The number of rotatable bonds is 10. The number of hydrogen-bond donors (Lipinski definition) is 3. The number of benzene rings is 1. The molecule has 4 N–H and O–H groups in total. The maximum atomic E-state index is 13.2. The number of nitrogens with zero attached hydrogens (tertiary/aromatic N) is 7. The van der Waals surface area contributed by atoms with E-state index in [1.807, 2.05) is 11.6 Å². The molecule has 1 unspecified atom stereocenters. The van der Waals surface area contributed by atoms with E-state index in [1.54, 1.807) is 12.1 Å². The van der Waals surface area contributed by atoms with Gasteiger partial charge in [-0.15, -0.1) is 0 Å². The van der Waals surface area contributed by atoms with E-state index in [0.29, 0.717) is 41.3 Å². The minimum atomic E-state index is -2.52. The summed E-state index contributed by atoms with van der Waals surface area (Å²) >= 11 is 0. The molecule has 5 rings (SSSR count). The van der Waals surface area contributed by atoms with Gasteiger partial charge in [-0.05, 0) is 69.1 Å². The van der Waals surface area contributed by atoms with E-state index in [-0.39, 0.29) is 23.2 Å². The van der Waals surface area contributed by atoms with Crippen LogP contribution in [0.5, 0.6) is 0 Å². The van der Waals surface area contributed by atoms with Crippen LogP contribution in [0.4, 0.5) is 20.4 Å². The molecular weight excluding hydrogens is 515 g/mol. The molecule has 0 spiro atoms. The first kappa shape index (κ1) is 28.1. The summed E-state index contributed by atoms with van der Waals surface area (Å²) in [7, 11) is 1.65. The number of oxime groups is 1. The van der Waals surface area contributed by atoms with Gasteiger partial charge in [0.05, 0.1) is 6.54 Å². The Morgan fingerprint density at radius 1 is 1.20 bits per heavy atom. The van der Waals surface area contributed by atoms with Crippen LogP contribution >= 0.6 is 0 Å². The van der Waals surface area contributed by atoms with Crippen LogP contribution in [-0.4, -0.2) is 82.5 Å². The van der Waals surface area contributed by atoms with Crippen molar-refractivity contribution in [2.24, 2.45) is 22.7 Å². The van der Waals surface area contributed by atoms with E-state index in [0.717, 1.165) is 50.9 Å². The molecule has 1 aliphatic heterocycles. The van der Waals surface area contributed by atoms with E-state index in [4.69, 9.17) is 10.7 Å².